The van der Waals surface area contributed by atoms with Gasteiger partial charge in [0.25, 0.3) is 0 Å². The van der Waals surface area contributed by atoms with E-state index in [1.54, 1.807) is 48.3 Å². The Morgan fingerprint density at radius 2 is 1.71 bits per heavy atom. The van der Waals surface area contributed by atoms with E-state index in [2.05, 4.69) is 0 Å². The number of allylic oxidation sites excluding steroid dienone is 4. The van der Waals surface area contributed by atoms with E-state index in [0.29, 0.717) is 24.1 Å². The predicted molar refractivity (Wildman–Crippen MR) is 116 cm³/mol. The molecule has 1 aliphatic heterocycles. The van der Waals surface area contributed by atoms with Crippen LogP contribution in [0.15, 0.2) is 84.7 Å². The quantitative estimate of drug-likeness (QED) is 0.339. The van der Waals surface area contributed by atoms with E-state index in [0.717, 1.165) is 0 Å². The monoisotopic (exact) mass is 425 g/mol. The number of hydrogen-bond acceptors (Lipinski definition) is 3. The van der Waals surface area contributed by atoms with Gasteiger partial charge in [-0.15, -0.1) is 0 Å². The fourth-order valence-corrected chi connectivity index (χ4v) is 3.67. The summed E-state index contributed by atoms with van der Waals surface area (Å²) in [6, 6.07) is 11.0. The molecule has 162 valence electrons. The third-order valence-electron chi connectivity index (χ3n) is 5.29. The highest BCUT2D eigenvalue weighted by atomic mass is 19.1. The van der Waals surface area contributed by atoms with Crippen LogP contribution in [0.3, 0.4) is 0 Å². The second-order valence-electron chi connectivity index (χ2n) is 7.40. The summed E-state index contributed by atoms with van der Waals surface area (Å²) in [5, 5.41) is 20.2. The summed E-state index contributed by atoms with van der Waals surface area (Å²) >= 11 is 0. The number of aliphatic hydroxyl groups excluding tert-OH is 2. The lowest BCUT2D eigenvalue weighted by atomic mass is 9.81. The van der Waals surface area contributed by atoms with E-state index in [1.807, 2.05) is 0 Å². The summed E-state index contributed by atoms with van der Waals surface area (Å²) in [6.07, 6.45) is 8.21. The molecule has 0 unspecified atom stereocenters. The third kappa shape index (κ3) is 5.47. The highest BCUT2D eigenvalue weighted by molar-refractivity contribution is 6.03. The van der Waals surface area contributed by atoms with Crippen molar-refractivity contribution in [3.8, 4) is 0 Å². The molecule has 3 rings (SSSR count). The zero-order valence-electron chi connectivity index (χ0n) is 17.2. The van der Waals surface area contributed by atoms with Crippen molar-refractivity contribution in [3.63, 3.8) is 0 Å². The summed E-state index contributed by atoms with van der Waals surface area (Å²) < 4.78 is 26.4. The summed E-state index contributed by atoms with van der Waals surface area (Å²) in [5.74, 6) is -1.16. The third-order valence-corrected chi connectivity index (χ3v) is 5.29. The Balaban J connectivity index is 1.74. The van der Waals surface area contributed by atoms with Crippen LogP contribution in [0.5, 0.6) is 0 Å². The minimum Gasteiger partial charge on any atom is -0.508 e. The number of anilines is 1. The molecule has 2 N–H and O–H groups in total. The molecule has 1 amide bonds. The van der Waals surface area contributed by atoms with Gasteiger partial charge >= 0.3 is 0 Å². The van der Waals surface area contributed by atoms with Gasteiger partial charge < -0.3 is 15.1 Å². The molecule has 2 aromatic carbocycles. The van der Waals surface area contributed by atoms with Crippen LogP contribution in [0.1, 0.15) is 31.4 Å². The maximum Gasteiger partial charge on any atom is 0.233 e. The van der Waals surface area contributed by atoms with Crippen LogP contribution in [0.25, 0.3) is 0 Å². The maximum absolute atomic E-state index is 13.3. The number of nitrogens with zero attached hydrogens (tertiary/aromatic N) is 1. The number of carbonyl (C=O) groups is 1. The van der Waals surface area contributed by atoms with Crippen LogP contribution in [-0.2, 0) is 4.79 Å². The number of aliphatic hydroxyl groups is 2. The first kappa shape index (κ1) is 22.4. The molecule has 0 bridgehead atoms. The average molecular weight is 425 g/mol. The summed E-state index contributed by atoms with van der Waals surface area (Å²) in [5.41, 5.74) is 1.17. The normalized spacial score (nSPS) is 20.5. The van der Waals surface area contributed by atoms with Crippen LogP contribution in [-0.4, -0.2) is 22.2 Å². The van der Waals surface area contributed by atoms with Gasteiger partial charge in [-0.25, -0.2) is 8.78 Å². The van der Waals surface area contributed by atoms with Gasteiger partial charge in [0.15, 0.2) is 0 Å². The molecule has 3 atom stereocenters. The Morgan fingerprint density at radius 1 is 1.10 bits per heavy atom. The highest BCUT2D eigenvalue weighted by Crippen LogP contribution is 2.37. The molecule has 1 saturated heterocycles. The minimum absolute atomic E-state index is 0.0843. The molecule has 0 saturated carbocycles. The number of hydrogen-bond donors (Lipinski definition) is 2. The van der Waals surface area contributed by atoms with E-state index in [9.17, 15) is 23.8 Å². The Bertz CT molecular complexity index is 981. The lowest BCUT2D eigenvalue weighted by molar-refractivity contribution is -0.129. The van der Waals surface area contributed by atoms with Crippen LogP contribution >= 0.6 is 0 Å². The fraction of sp³-hybridized carbons (Fsp3) is 0.240. The van der Waals surface area contributed by atoms with Crippen LogP contribution in [0.2, 0.25) is 0 Å². The van der Waals surface area contributed by atoms with E-state index < -0.39 is 6.10 Å². The van der Waals surface area contributed by atoms with Gasteiger partial charge in [-0.3, -0.25) is 4.79 Å². The number of rotatable bonds is 8. The number of β-lactam (4-membered cyclic amide) rings is 1. The zero-order valence-corrected chi connectivity index (χ0v) is 17.2. The van der Waals surface area contributed by atoms with Crippen molar-refractivity contribution in [2.24, 2.45) is 5.92 Å². The Labute approximate surface area is 180 Å². The highest BCUT2D eigenvalue weighted by Gasteiger charge is 2.46. The summed E-state index contributed by atoms with van der Waals surface area (Å²) in [6.45, 7) is 1.79. The summed E-state index contributed by atoms with van der Waals surface area (Å²) in [4.78, 5) is 14.4. The van der Waals surface area contributed by atoms with Gasteiger partial charge in [-0.1, -0.05) is 30.4 Å². The van der Waals surface area contributed by atoms with Crippen molar-refractivity contribution < 1.29 is 23.8 Å². The van der Waals surface area contributed by atoms with Gasteiger partial charge in [0.1, 0.15) is 17.4 Å². The first-order chi connectivity index (χ1) is 14.9. The van der Waals surface area contributed by atoms with Crippen LogP contribution < -0.4 is 4.90 Å². The number of carbonyl (C=O) groups excluding carboxylic acids is 1. The Morgan fingerprint density at radius 3 is 2.32 bits per heavy atom. The van der Waals surface area contributed by atoms with Crippen molar-refractivity contribution >= 4 is 11.6 Å². The van der Waals surface area contributed by atoms with E-state index in [-0.39, 0.29) is 35.3 Å². The lowest BCUT2D eigenvalue weighted by Gasteiger charge is -2.46. The number of benzene rings is 2. The molecule has 0 aromatic heterocycles. The van der Waals surface area contributed by atoms with E-state index in [1.165, 1.54) is 42.5 Å². The first-order valence-corrected chi connectivity index (χ1v) is 10.1. The molecule has 1 heterocycles. The standard InChI is InChI=1S/C25H25F2NO3/c1-2-4-21(29)5-3-6-23-22(15-16-24(30)17-7-9-18(26)10-8-17)25(31)28(23)20-13-11-19(27)12-14-20/h2-14,22-24,29-30H,15-16H2,1H3/b4-2-,6-3+,21-5+/t22-,23-,24+/m1/s1. The predicted octanol–water partition coefficient (Wildman–Crippen LogP) is 5.38. The van der Waals surface area contributed by atoms with Gasteiger partial charge in [-0.2, -0.15) is 0 Å². The van der Waals surface area contributed by atoms with Gasteiger partial charge in [0.2, 0.25) is 5.91 Å². The first-order valence-electron chi connectivity index (χ1n) is 10.1. The van der Waals surface area contributed by atoms with Crippen LogP contribution in [0, 0.1) is 17.6 Å². The molecule has 2 aromatic rings. The molecule has 0 radical (unpaired) electrons. The fourth-order valence-electron chi connectivity index (χ4n) is 3.67. The van der Waals surface area contributed by atoms with E-state index >= 15 is 0 Å². The second kappa shape index (κ2) is 10.2. The topological polar surface area (TPSA) is 60.8 Å². The Hall–Kier alpha value is -3.25. The molecule has 6 heteroatoms. The van der Waals surface area contributed by atoms with Crippen LogP contribution in [0.4, 0.5) is 14.5 Å². The molecule has 4 nitrogen and oxygen atoms in total. The summed E-state index contributed by atoms with van der Waals surface area (Å²) in [7, 11) is 0. The average Bonchev–Trinajstić information content (AvgIpc) is 2.75. The molecular formula is C25H25F2NO3. The van der Waals surface area contributed by atoms with Gasteiger partial charge in [-0.05, 0) is 73.9 Å². The molecule has 1 aliphatic rings. The molecule has 0 aliphatic carbocycles. The molecule has 31 heavy (non-hydrogen) atoms. The smallest absolute Gasteiger partial charge is 0.233 e. The van der Waals surface area contributed by atoms with E-state index in [4.69, 9.17) is 0 Å². The van der Waals surface area contributed by atoms with Crippen molar-refractivity contribution in [2.45, 2.75) is 31.9 Å². The Kier molecular flexibility index (Phi) is 7.36. The second-order valence-corrected chi connectivity index (χ2v) is 7.40. The minimum atomic E-state index is -0.809. The zero-order chi connectivity index (χ0) is 22.4. The van der Waals surface area contributed by atoms with Gasteiger partial charge in [0.05, 0.1) is 18.1 Å². The van der Waals surface area contributed by atoms with Crippen molar-refractivity contribution in [1.82, 2.24) is 0 Å². The molecular weight excluding hydrogens is 400 g/mol. The lowest BCUT2D eigenvalue weighted by Crippen LogP contribution is -2.60. The largest absolute Gasteiger partial charge is 0.508 e. The van der Waals surface area contributed by atoms with Crippen molar-refractivity contribution in [3.05, 3.63) is 102 Å². The van der Waals surface area contributed by atoms with Crippen molar-refractivity contribution in [1.29, 1.82) is 0 Å². The maximum atomic E-state index is 13.3. The number of amides is 1. The van der Waals surface area contributed by atoms with Gasteiger partial charge in [0, 0.05) is 5.69 Å². The molecule has 0 spiro atoms. The van der Waals surface area contributed by atoms with Crippen molar-refractivity contribution in [2.75, 3.05) is 4.90 Å². The molecule has 1 fully saturated rings. The number of halogens is 2. The SMILES string of the molecule is C\C=C/C(O)=C\C=C\[C@@H]1[C@@H](CC[C@H](O)c2ccc(F)cc2)C(=O)N1c1ccc(F)cc1.